The standard InChI is InChI=1S/C10H12N4O2/c1-8-3-2-4-9(7-8)14-10(16)13(5-6-15)11-12-14/h2-4,7,15H,5-6H2,1H3. The van der Waals surface area contributed by atoms with E-state index in [4.69, 9.17) is 5.11 Å². The summed E-state index contributed by atoms with van der Waals surface area (Å²) in [6, 6.07) is 7.42. The first kappa shape index (κ1) is 10.6. The van der Waals surface area contributed by atoms with Crippen LogP contribution in [0.25, 0.3) is 5.69 Å². The van der Waals surface area contributed by atoms with Gasteiger partial charge < -0.3 is 5.11 Å². The fourth-order valence-corrected chi connectivity index (χ4v) is 1.43. The molecule has 1 N–H and O–H groups in total. The van der Waals surface area contributed by atoms with E-state index in [0.717, 1.165) is 10.2 Å². The van der Waals surface area contributed by atoms with Crippen LogP contribution in [0, 0.1) is 6.92 Å². The smallest absolute Gasteiger partial charge is 0.368 e. The van der Waals surface area contributed by atoms with E-state index in [2.05, 4.69) is 10.4 Å². The zero-order valence-electron chi connectivity index (χ0n) is 8.87. The normalized spacial score (nSPS) is 10.6. The van der Waals surface area contributed by atoms with Gasteiger partial charge in [-0.2, -0.15) is 9.36 Å². The Morgan fingerprint density at radius 3 is 2.88 bits per heavy atom. The van der Waals surface area contributed by atoms with Crippen molar-refractivity contribution in [2.45, 2.75) is 13.5 Å². The van der Waals surface area contributed by atoms with E-state index in [9.17, 15) is 4.79 Å². The maximum Gasteiger partial charge on any atom is 0.368 e. The second-order valence-corrected chi connectivity index (χ2v) is 3.46. The molecule has 1 aromatic carbocycles. The average molecular weight is 220 g/mol. The third-order valence-electron chi connectivity index (χ3n) is 2.20. The summed E-state index contributed by atoms with van der Waals surface area (Å²) in [7, 11) is 0. The Labute approximate surface area is 91.7 Å². The van der Waals surface area contributed by atoms with E-state index in [1.807, 2.05) is 25.1 Å². The fraction of sp³-hybridized carbons (Fsp3) is 0.300. The molecule has 2 rings (SSSR count). The molecule has 6 heteroatoms. The molecule has 0 spiro atoms. The topological polar surface area (TPSA) is 72.9 Å². The maximum absolute atomic E-state index is 11.8. The predicted molar refractivity (Wildman–Crippen MR) is 57.4 cm³/mol. The number of benzene rings is 1. The molecule has 0 atom stereocenters. The average Bonchev–Trinajstić information content (AvgIpc) is 2.61. The highest BCUT2D eigenvalue weighted by Gasteiger charge is 2.07. The van der Waals surface area contributed by atoms with Gasteiger partial charge in [0.1, 0.15) is 0 Å². The number of hydrogen-bond acceptors (Lipinski definition) is 4. The summed E-state index contributed by atoms with van der Waals surface area (Å²) in [5.74, 6) is 0. The minimum Gasteiger partial charge on any atom is -0.394 e. The van der Waals surface area contributed by atoms with Crippen molar-refractivity contribution in [1.82, 2.24) is 19.8 Å². The van der Waals surface area contributed by atoms with Gasteiger partial charge in [0, 0.05) is 0 Å². The lowest BCUT2D eigenvalue weighted by molar-refractivity contribution is 0.266. The van der Waals surface area contributed by atoms with Crippen LogP contribution in [-0.2, 0) is 6.54 Å². The highest BCUT2D eigenvalue weighted by Crippen LogP contribution is 2.05. The molecule has 16 heavy (non-hydrogen) atoms. The van der Waals surface area contributed by atoms with E-state index >= 15 is 0 Å². The Hall–Kier alpha value is -1.95. The van der Waals surface area contributed by atoms with Gasteiger partial charge in [0.2, 0.25) is 0 Å². The Morgan fingerprint density at radius 1 is 1.38 bits per heavy atom. The Morgan fingerprint density at radius 2 is 2.19 bits per heavy atom. The molecule has 0 fully saturated rings. The van der Waals surface area contributed by atoms with Crippen molar-refractivity contribution in [2.75, 3.05) is 6.61 Å². The number of tetrazole rings is 1. The molecule has 0 aliphatic carbocycles. The minimum atomic E-state index is -0.348. The lowest BCUT2D eigenvalue weighted by Gasteiger charge is -1.98. The van der Waals surface area contributed by atoms with Crippen LogP contribution in [0.2, 0.25) is 0 Å². The summed E-state index contributed by atoms with van der Waals surface area (Å²) in [6.45, 7) is 1.96. The number of aryl methyl sites for hydroxylation is 1. The highest BCUT2D eigenvalue weighted by atomic mass is 16.3. The van der Waals surface area contributed by atoms with Gasteiger partial charge in [0.05, 0.1) is 18.8 Å². The lowest BCUT2D eigenvalue weighted by Crippen LogP contribution is -2.25. The Balaban J connectivity index is 2.45. The second-order valence-electron chi connectivity index (χ2n) is 3.46. The van der Waals surface area contributed by atoms with E-state index in [1.165, 1.54) is 4.68 Å². The Kier molecular flexibility index (Phi) is 2.82. The SMILES string of the molecule is Cc1cccc(-n2nnn(CCO)c2=O)c1. The molecule has 0 amide bonds. The molecule has 0 saturated carbocycles. The first-order chi connectivity index (χ1) is 7.72. The second kappa shape index (κ2) is 4.28. The molecule has 1 aromatic heterocycles. The first-order valence-electron chi connectivity index (χ1n) is 4.93. The summed E-state index contributed by atoms with van der Waals surface area (Å²) in [4.78, 5) is 11.8. The van der Waals surface area contributed by atoms with Gasteiger partial charge in [-0.05, 0) is 35.0 Å². The molecule has 1 heterocycles. The van der Waals surface area contributed by atoms with E-state index in [-0.39, 0.29) is 18.8 Å². The quantitative estimate of drug-likeness (QED) is 0.772. The number of nitrogens with zero attached hydrogens (tertiary/aromatic N) is 4. The molecule has 0 aliphatic rings. The summed E-state index contributed by atoms with van der Waals surface area (Å²) < 4.78 is 2.34. The van der Waals surface area contributed by atoms with Crippen LogP contribution >= 0.6 is 0 Å². The number of rotatable bonds is 3. The number of hydrogen-bond donors (Lipinski definition) is 1. The summed E-state index contributed by atoms with van der Waals surface area (Å²) in [6.07, 6.45) is 0. The zero-order chi connectivity index (χ0) is 11.5. The molecule has 0 aliphatic heterocycles. The van der Waals surface area contributed by atoms with Crippen LogP contribution in [0.5, 0.6) is 0 Å². The van der Waals surface area contributed by atoms with Crippen LogP contribution in [0.3, 0.4) is 0 Å². The van der Waals surface area contributed by atoms with Gasteiger partial charge >= 0.3 is 5.69 Å². The maximum atomic E-state index is 11.8. The van der Waals surface area contributed by atoms with Crippen LogP contribution in [0.4, 0.5) is 0 Å². The monoisotopic (exact) mass is 220 g/mol. The molecule has 84 valence electrons. The van der Waals surface area contributed by atoms with Crippen molar-refractivity contribution >= 4 is 0 Å². The van der Waals surface area contributed by atoms with Crippen molar-refractivity contribution in [1.29, 1.82) is 0 Å². The van der Waals surface area contributed by atoms with E-state index < -0.39 is 0 Å². The van der Waals surface area contributed by atoms with Crippen LogP contribution in [0.15, 0.2) is 29.1 Å². The molecule has 6 nitrogen and oxygen atoms in total. The predicted octanol–water partition coefficient (Wildman–Crippen LogP) is -0.270. The largest absolute Gasteiger partial charge is 0.394 e. The van der Waals surface area contributed by atoms with Gasteiger partial charge in [-0.1, -0.05) is 12.1 Å². The zero-order valence-corrected chi connectivity index (χ0v) is 8.87. The first-order valence-corrected chi connectivity index (χ1v) is 4.93. The molecule has 0 bridgehead atoms. The molecule has 0 unspecified atom stereocenters. The number of aromatic nitrogens is 4. The number of aliphatic hydroxyl groups is 1. The minimum absolute atomic E-state index is 0.133. The molecule has 2 aromatic rings. The molecular formula is C10H12N4O2. The highest BCUT2D eigenvalue weighted by molar-refractivity contribution is 5.33. The van der Waals surface area contributed by atoms with Crippen molar-refractivity contribution in [3.63, 3.8) is 0 Å². The van der Waals surface area contributed by atoms with E-state index in [0.29, 0.717) is 5.69 Å². The Bertz CT molecular complexity index is 544. The fourth-order valence-electron chi connectivity index (χ4n) is 1.43. The third-order valence-corrected chi connectivity index (χ3v) is 2.20. The van der Waals surface area contributed by atoms with E-state index in [1.54, 1.807) is 6.07 Å². The van der Waals surface area contributed by atoms with Crippen molar-refractivity contribution < 1.29 is 5.11 Å². The lowest BCUT2D eigenvalue weighted by atomic mass is 10.2. The summed E-state index contributed by atoms with van der Waals surface area (Å²) in [5.41, 5.74) is 1.37. The van der Waals surface area contributed by atoms with Crippen LogP contribution in [-0.4, -0.2) is 31.5 Å². The molecule has 0 radical (unpaired) electrons. The number of aliphatic hydroxyl groups excluding tert-OH is 1. The van der Waals surface area contributed by atoms with Crippen molar-refractivity contribution in [3.05, 3.63) is 40.3 Å². The van der Waals surface area contributed by atoms with Gasteiger partial charge in [0.25, 0.3) is 0 Å². The van der Waals surface area contributed by atoms with Gasteiger partial charge in [-0.15, -0.1) is 0 Å². The van der Waals surface area contributed by atoms with Crippen LogP contribution in [0.1, 0.15) is 5.56 Å². The van der Waals surface area contributed by atoms with Gasteiger partial charge in [0.15, 0.2) is 0 Å². The summed E-state index contributed by atoms with van der Waals surface area (Å²) in [5, 5.41) is 16.2. The third kappa shape index (κ3) is 1.87. The van der Waals surface area contributed by atoms with Crippen molar-refractivity contribution in [2.24, 2.45) is 0 Å². The van der Waals surface area contributed by atoms with Crippen LogP contribution < -0.4 is 5.69 Å². The summed E-state index contributed by atoms with van der Waals surface area (Å²) >= 11 is 0. The van der Waals surface area contributed by atoms with Gasteiger partial charge in [-0.25, -0.2) is 4.79 Å². The van der Waals surface area contributed by atoms with Crippen molar-refractivity contribution in [3.8, 4) is 5.69 Å². The van der Waals surface area contributed by atoms with Gasteiger partial charge in [-0.3, -0.25) is 0 Å². The molecular weight excluding hydrogens is 208 g/mol. The molecule has 0 saturated heterocycles.